The Balaban J connectivity index is 2.17. The van der Waals surface area contributed by atoms with E-state index in [1.54, 1.807) is 0 Å². The lowest BCUT2D eigenvalue weighted by molar-refractivity contribution is 0.0947. The maximum absolute atomic E-state index is 5.66. The van der Waals surface area contributed by atoms with Crippen LogP contribution in [0.4, 0.5) is 0 Å². The Labute approximate surface area is 94.8 Å². The third-order valence-electron chi connectivity index (χ3n) is 3.29. The lowest BCUT2D eigenvalue weighted by atomic mass is 10.0. The smallest absolute Gasteiger partial charge is 0.0590 e. The molecule has 1 aliphatic rings. The van der Waals surface area contributed by atoms with Crippen molar-refractivity contribution in [3.63, 3.8) is 0 Å². The first-order chi connectivity index (χ1) is 7.26. The van der Waals surface area contributed by atoms with Crippen LogP contribution in [0.25, 0.3) is 0 Å². The van der Waals surface area contributed by atoms with Crippen LogP contribution in [0.3, 0.4) is 0 Å². The van der Waals surface area contributed by atoms with Crippen molar-refractivity contribution >= 4 is 0 Å². The predicted molar refractivity (Wildman–Crippen MR) is 65.2 cm³/mol. The van der Waals surface area contributed by atoms with Crippen LogP contribution in [0.1, 0.15) is 59.3 Å². The minimum atomic E-state index is 0.520. The summed E-state index contributed by atoms with van der Waals surface area (Å²) in [5.74, 6) is 0. The predicted octanol–water partition coefficient (Wildman–Crippen LogP) is 3.11. The van der Waals surface area contributed by atoms with E-state index in [-0.39, 0.29) is 0 Å². The standard InChI is InChI=1S/C13H27NO/c1-4-7-12(5-2)14-11(3)10-13-8-6-9-15-13/h11-14H,4-10H2,1-3H3. The van der Waals surface area contributed by atoms with Gasteiger partial charge in [-0.3, -0.25) is 0 Å². The first-order valence-corrected chi connectivity index (χ1v) is 6.63. The van der Waals surface area contributed by atoms with E-state index in [9.17, 15) is 0 Å². The lowest BCUT2D eigenvalue weighted by Gasteiger charge is -2.23. The summed E-state index contributed by atoms with van der Waals surface area (Å²) in [6.07, 6.45) is 8.03. The molecule has 0 aromatic carbocycles. The van der Waals surface area contributed by atoms with Gasteiger partial charge in [0.1, 0.15) is 0 Å². The fraction of sp³-hybridized carbons (Fsp3) is 1.00. The van der Waals surface area contributed by atoms with Crippen molar-refractivity contribution in [3.8, 4) is 0 Å². The minimum Gasteiger partial charge on any atom is -0.378 e. The Morgan fingerprint density at radius 2 is 2.20 bits per heavy atom. The van der Waals surface area contributed by atoms with E-state index in [0.717, 1.165) is 6.61 Å². The highest BCUT2D eigenvalue weighted by atomic mass is 16.5. The summed E-state index contributed by atoms with van der Waals surface area (Å²) < 4.78 is 5.66. The molecule has 0 aromatic heterocycles. The molecule has 2 heteroatoms. The SMILES string of the molecule is CCCC(CC)NC(C)CC1CCCO1. The zero-order valence-corrected chi connectivity index (χ0v) is 10.6. The molecular formula is C13H27NO. The van der Waals surface area contributed by atoms with Crippen molar-refractivity contribution < 1.29 is 4.74 Å². The normalized spacial score (nSPS) is 25.4. The fourth-order valence-electron chi connectivity index (χ4n) is 2.45. The number of ether oxygens (including phenoxy) is 1. The molecule has 1 rings (SSSR count). The molecule has 15 heavy (non-hydrogen) atoms. The molecule has 1 saturated heterocycles. The molecule has 1 aliphatic heterocycles. The van der Waals surface area contributed by atoms with Gasteiger partial charge in [-0.25, -0.2) is 0 Å². The van der Waals surface area contributed by atoms with E-state index in [0.29, 0.717) is 18.2 Å². The molecule has 1 N–H and O–H groups in total. The highest BCUT2D eigenvalue weighted by Crippen LogP contribution is 2.17. The Morgan fingerprint density at radius 1 is 1.40 bits per heavy atom. The topological polar surface area (TPSA) is 21.3 Å². The molecule has 90 valence electrons. The second-order valence-electron chi connectivity index (χ2n) is 4.83. The third-order valence-corrected chi connectivity index (χ3v) is 3.29. The second kappa shape index (κ2) is 7.24. The van der Waals surface area contributed by atoms with E-state index in [1.807, 2.05) is 0 Å². The number of nitrogens with one attached hydrogen (secondary N) is 1. The molecule has 0 saturated carbocycles. The second-order valence-corrected chi connectivity index (χ2v) is 4.83. The van der Waals surface area contributed by atoms with Gasteiger partial charge in [0, 0.05) is 18.7 Å². The maximum atomic E-state index is 5.66. The van der Waals surface area contributed by atoms with Crippen molar-refractivity contribution in [2.75, 3.05) is 6.61 Å². The van der Waals surface area contributed by atoms with E-state index in [2.05, 4.69) is 26.1 Å². The maximum Gasteiger partial charge on any atom is 0.0590 e. The van der Waals surface area contributed by atoms with Crippen LogP contribution in [0.5, 0.6) is 0 Å². The first-order valence-electron chi connectivity index (χ1n) is 6.63. The molecule has 0 spiro atoms. The van der Waals surface area contributed by atoms with Crippen molar-refractivity contribution in [1.82, 2.24) is 5.32 Å². The molecular weight excluding hydrogens is 186 g/mol. The Hall–Kier alpha value is -0.0800. The fourth-order valence-corrected chi connectivity index (χ4v) is 2.45. The minimum absolute atomic E-state index is 0.520. The van der Waals surface area contributed by atoms with E-state index in [1.165, 1.54) is 38.5 Å². The molecule has 0 radical (unpaired) electrons. The van der Waals surface area contributed by atoms with Gasteiger partial charge < -0.3 is 10.1 Å². The van der Waals surface area contributed by atoms with Gasteiger partial charge in [-0.15, -0.1) is 0 Å². The average Bonchev–Trinajstić information content (AvgIpc) is 2.69. The van der Waals surface area contributed by atoms with Crippen molar-refractivity contribution in [3.05, 3.63) is 0 Å². The summed E-state index contributed by atoms with van der Waals surface area (Å²) in [6.45, 7) is 7.80. The van der Waals surface area contributed by atoms with Crippen LogP contribution in [0.15, 0.2) is 0 Å². The van der Waals surface area contributed by atoms with Crippen LogP contribution < -0.4 is 5.32 Å². The van der Waals surface area contributed by atoms with E-state index < -0.39 is 0 Å². The molecule has 1 fully saturated rings. The summed E-state index contributed by atoms with van der Waals surface area (Å²) in [5, 5.41) is 3.71. The molecule has 0 amide bonds. The lowest BCUT2D eigenvalue weighted by Crippen LogP contribution is -2.38. The summed E-state index contributed by atoms with van der Waals surface area (Å²) in [5.41, 5.74) is 0. The summed E-state index contributed by atoms with van der Waals surface area (Å²) in [6, 6.07) is 1.30. The molecule has 0 aromatic rings. The molecule has 1 heterocycles. The van der Waals surface area contributed by atoms with Crippen LogP contribution in [-0.2, 0) is 4.74 Å². The van der Waals surface area contributed by atoms with Crippen LogP contribution in [0, 0.1) is 0 Å². The highest BCUT2D eigenvalue weighted by molar-refractivity contribution is 4.75. The summed E-state index contributed by atoms with van der Waals surface area (Å²) >= 11 is 0. The van der Waals surface area contributed by atoms with Crippen LogP contribution in [-0.4, -0.2) is 24.8 Å². The average molecular weight is 213 g/mol. The Morgan fingerprint density at radius 3 is 2.73 bits per heavy atom. The van der Waals surface area contributed by atoms with Gasteiger partial charge in [-0.05, 0) is 39.0 Å². The molecule has 0 bridgehead atoms. The van der Waals surface area contributed by atoms with Gasteiger partial charge in [0.25, 0.3) is 0 Å². The number of rotatable bonds is 7. The van der Waals surface area contributed by atoms with Gasteiger partial charge >= 0.3 is 0 Å². The van der Waals surface area contributed by atoms with Gasteiger partial charge in [0.05, 0.1) is 6.10 Å². The first kappa shape index (κ1) is 13.0. The Kier molecular flexibility index (Phi) is 6.26. The molecule has 3 unspecified atom stereocenters. The quantitative estimate of drug-likeness (QED) is 0.701. The van der Waals surface area contributed by atoms with Crippen molar-refractivity contribution in [2.45, 2.75) is 77.5 Å². The molecule has 2 nitrogen and oxygen atoms in total. The van der Waals surface area contributed by atoms with Gasteiger partial charge in [-0.1, -0.05) is 20.3 Å². The van der Waals surface area contributed by atoms with Gasteiger partial charge in [0.2, 0.25) is 0 Å². The van der Waals surface area contributed by atoms with Gasteiger partial charge in [0.15, 0.2) is 0 Å². The third kappa shape index (κ3) is 4.98. The summed E-state index contributed by atoms with van der Waals surface area (Å²) in [7, 11) is 0. The monoisotopic (exact) mass is 213 g/mol. The number of hydrogen-bond donors (Lipinski definition) is 1. The van der Waals surface area contributed by atoms with Crippen molar-refractivity contribution in [2.24, 2.45) is 0 Å². The van der Waals surface area contributed by atoms with Crippen LogP contribution in [0.2, 0.25) is 0 Å². The largest absolute Gasteiger partial charge is 0.378 e. The van der Waals surface area contributed by atoms with Crippen LogP contribution >= 0.6 is 0 Å². The summed E-state index contributed by atoms with van der Waals surface area (Å²) in [4.78, 5) is 0. The Bertz CT molecular complexity index is 155. The van der Waals surface area contributed by atoms with Crippen molar-refractivity contribution in [1.29, 1.82) is 0 Å². The number of hydrogen-bond acceptors (Lipinski definition) is 2. The van der Waals surface area contributed by atoms with E-state index >= 15 is 0 Å². The molecule has 3 atom stereocenters. The van der Waals surface area contributed by atoms with E-state index in [4.69, 9.17) is 4.74 Å². The zero-order chi connectivity index (χ0) is 11.1. The molecule has 0 aliphatic carbocycles. The van der Waals surface area contributed by atoms with Gasteiger partial charge in [-0.2, -0.15) is 0 Å². The zero-order valence-electron chi connectivity index (χ0n) is 10.6. The highest BCUT2D eigenvalue weighted by Gasteiger charge is 2.19.